The van der Waals surface area contributed by atoms with Gasteiger partial charge in [-0.1, -0.05) is 51.1 Å². The Morgan fingerprint density at radius 3 is 2.39 bits per heavy atom. The van der Waals surface area contributed by atoms with Gasteiger partial charge in [0.15, 0.2) is 8.32 Å². The number of rotatable bonds is 10. The number of hydrogen-bond acceptors (Lipinski definition) is 3. The molecule has 0 amide bonds. The number of carbonyl (C=O) groups is 1. The quantitative estimate of drug-likeness (QED) is 0.344. The third kappa shape index (κ3) is 7.42. The molecule has 3 nitrogen and oxygen atoms in total. The summed E-state index contributed by atoms with van der Waals surface area (Å²) in [6.07, 6.45) is 3.27. The van der Waals surface area contributed by atoms with Crippen LogP contribution < -0.4 is 0 Å². The molecule has 0 saturated carbocycles. The number of carbonyl (C=O) groups excluding carboxylic acids is 1. The second-order valence-corrected chi connectivity index (χ2v) is 12.3. The molecular formula is C19H32O3Si. The first-order valence-electron chi connectivity index (χ1n) is 8.49. The van der Waals surface area contributed by atoms with Crippen LogP contribution >= 0.6 is 0 Å². The summed E-state index contributed by atoms with van der Waals surface area (Å²) in [6.45, 7) is 12.5. The fraction of sp³-hybridized carbons (Fsp3) is 0.632. The van der Waals surface area contributed by atoms with Crippen molar-refractivity contribution in [2.45, 2.75) is 70.9 Å². The lowest BCUT2D eigenvalue weighted by atomic mass is 10.1. The van der Waals surface area contributed by atoms with Gasteiger partial charge in [-0.25, -0.2) is 0 Å². The maximum atomic E-state index is 10.9. The first kappa shape index (κ1) is 20.1. The van der Waals surface area contributed by atoms with Crippen molar-refractivity contribution in [1.82, 2.24) is 0 Å². The van der Waals surface area contributed by atoms with Crippen molar-refractivity contribution in [1.29, 1.82) is 0 Å². The summed E-state index contributed by atoms with van der Waals surface area (Å²) in [4.78, 5) is 10.9. The van der Waals surface area contributed by atoms with E-state index in [4.69, 9.17) is 9.16 Å². The highest BCUT2D eigenvalue weighted by Crippen LogP contribution is 2.38. The molecule has 0 radical (unpaired) electrons. The second-order valence-electron chi connectivity index (χ2n) is 7.58. The molecule has 0 spiro atoms. The van der Waals surface area contributed by atoms with E-state index in [-0.39, 0.29) is 11.1 Å². The highest BCUT2D eigenvalue weighted by Gasteiger charge is 2.38. The minimum atomic E-state index is -1.83. The normalized spacial score (nSPS) is 13.8. The van der Waals surface area contributed by atoms with Gasteiger partial charge in [0, 0.05) is 13.0 Å². The van der Waals surface area contributed by atoms with Crippen molar-refractivity contribution < 1.29 is 14.0 Å². The molecule has 0 aliphatic heterocycles. The van der Waals surface area contributed by atoms with E-state index in [1.54, 1.807) is 0 Å². The molecule has 0 aliphatic rings. The summed E-state index contributed by atoms with van der Waals surface area (Å²) in [7, 11) is -1.83. The second kappa shape index (κ2) is 9.35. The summed E-state index contributed by atoms with van der Waals surface area (Å²) < 4.78 is 12.1. The van der Waals surface area contributed by atoms with Gasteiger partial charge >= 0.3 is 0 Å². The molecular weight excluding hydrogens is 304 g/mol. The summed E-state index contributed by atoms with van der Waals surface area (Å²) >= 11 is 0. The van der Waals surface area contributed by atoms with Gasteiger partial charge in [-0.05, 0) is 36.5 Å². The van der Waals surface area contributed by atoms with Crippen LogP contribution in [0.25, 0.3) is 0 Å². The fourth-order valence-electron chi connectivity index (χ4n) is 2.10. The Hall–Kier alpha value is -0.973. The van der Waals surface area contributed by atoms with Gasteiger partial charge in [-0.3, -0.25) is 0 Å². The molecule has 0 unspecified atom stereocenters. The van der Waals surface area contributed by atoms with Gasteiger partial charge in [0.25, 0.3) is 0 Å². The number of aldehydes is 1. The van der Waals surface area contributed by atoms with Crippen LogP contribution in [0, 0.1) is 0 Å². The molecule has 0 saturated heterocycles. The van der Waals surface area contributed by atoms with Crippen molar-refractivity contribution in [3.05, 3.63) is 35.9 Å². The molecule has 1 rings (SSSR count). The summed E-state index contributed by atoms with van der Waals surface area (Å²) in [5, 5.41) is 0.165. The maximum Gasteiger partial charge on any atom is 0.192 e. The molecule has 1 aromatic rings. The first-order valence-corrected chi connectivity index (χ1v) is 11.4. The van der Waals surface area contributed by atoms with Crippen LogP contribution in [0.15, 0.2) is 30.3 Å². The summed E-state index contributed by atoms with van der Waals surface area (Å²) in [5.41, 5.74) is 1.19. The highest BCUT2D eigenvalue weighted by atomic mass is 28.4. The molecule has 0 fully saturated rings. The predicted octanol–water partition coefficient (Wildman–Crippen LogP) is 4.96. The highest BCUT2D eigenvalue weighted by molar-refractivity contribution is 6.74. The van der Waals surface area contributed by atoms with Crippen LogP contribution in [0.1, 0.15) is 45.6 Å². The molecule has 4 heteroatoms. The Morgan fingerprint density at radius 2 is 1.83 bits per heavy atom. The zero-order valence-corrected chi connectivity index (χ0v) is 16.3. The van der Waals surface area contributed by atoms with Crippen molar-refractivity contribution in [3.63, 3.8) is 0 Å². The topological polar surface area (TPSA) is 35.5 Å². The van der Waals surface area contributed by atoms with Crippen LogP contribution in [-0.4, -0.2) is 27.3 Å². The maximum absolute atomic E-state index is 10.9. The molecule has 23 heavy (non-hydrogen) atoms. The van der Waals surface area contributed by atoms with E-state index in [9.17, 15) is 4.79 Å². The molecule has 1 aromatic carbocycles. The zero-order valence-electron chi connectivity index (χ0n) is 15.3. The van der Waals surface area contributed by atoms with E-state index in [1.165, 1.54) is 5.56 Å². The Bertz CT molecular complexity index is 451. The van der Waals surface area contributed by atoms with Crippen LogP contribution in [0.5, 0.6) is 0 Å². The summed E-state index contributed by atoms with van der Waals surface area (Å²) in [6, 6.07) is 10.2. The van der Waals surface area contributed by atoms with Crippen molar-refractivity contribution in [2.24, 2.45) is 0 Å². The van der Waals surface area contributed by atoms with Gasteiger partial charge in [-0.15, -0.1) is 0 Å². The third-order valence-corrected chi connectivity index (χ3v) is 9.09. The fourth-order valence-corrected chi connectivity index (χ4v) is 3.50. The third-order valence-electron chi connectivity index (χ3n) is 4.55. The number of benzene rings is 1. The van der Waals surface area contributed by atoms with Crippen LogP contribution in [-0.2, 0) is 20.6 Å². The SMILES string of the molecule is CC(C)(C)[Si](C)(C)O[C@@H](CC=O)CCCOCc1ccccc1. The van der Waals surface area contributed by atoms with E-state index in [0.717, 1.165) is 19.1 Å². The van der Waals surface area contributed by atoms with E-state index < -0.39 is 8.32 Å². The lowest BCUT2D eigenvalue weighted by Crippen LogP contribution is -2.44. The number of hydrogen-bond donors (Lipinski definition) is 0. The largest absolute Gasteiger partial charge is 0.414 e. The lowest BCUT2D eigenvalue weighted by molar-refractivity contribution is -0.109. The standard InChI is InChI=1S/C19H32O3Si/c1-19(2,3)23(4,5)22-18(13-14-20)12-9-15-21-16-17-10-7-6-8-11-17/h6-8,10-11,14,18H,9,12-13,15-16H2,1-5H3/t18-/m1/s1. The zero-order chi connectivity index (χ0) is 17.3. The molecule has 0 bridgehead atoms. The van der Waals surface area contributed by atoms with Crippen LogP contribution in [0.3, 0.4) is 0 Å². The lowest BCUT2D eigenvalue weighted by Gasteiger charge is -2.39. The van der Waals surface area contributed by atoms with Gasteiger partial charge in [-0.2, -0.15) is 0 Å². The molecule has 130 valence electrons. The van der Waals surface area contributed by atoms with Gasteiger partial charge < -0.3 is 14.0 Å². The van der Waals surface area contributed by atoms with Crippen LogP contribution in [0.2, 0.25) is 18.1 Å². The Morgan fingerprint density at radius 1 is 1.17 bits per heavy atom. The smallest absolute Gasteiger partial charge is 0.192 e. The molecule has 0 N–H and O–H groups in total. The number of ether oxygens (including phenoxy) is 1. The summed E-state index contributed by atoms with van der Waals surface area (Å²) in [5.74, 6) is 0. The van der Waals surface area contributed by atoms with Crippen LogP contribution in [0.4, 0.5) is 0 Å². The van der Waals surface area contributed by atoms with Crippen molar-refractivity contribution >= 4 is 14.6 Å². The molecule has 0 heterocycles. The Kier molecular flexibility index (Phi) is 8.16. The molecule has 1 atom stereocenters. The first-order chi connectivity index (χ1) is 10.8. The van der Waals surface area contributed by atoms with E-state index in [2.05, 4.69) is 46.0 Å². The average Bonchev–Trinajstić information content (AvgIpc) is 2.46. The van der Waals surface area contributed by atoms with Gasteiger partial charge in [0.05, 0.1) is 12.7 Å². The molecule has 0 aromatic heterocycles. The average molecular weight is 337 g/mol. The van der Waals surface area contributed by atoms with Crippen molar-refractivity contribution in [2.75, 3.05) is 6.61 Å². The predicted molar refractivity (Wildman–Crippen MR) is 98.1 cm³/mol. The Labute approximate surface area is 142 Å². The van der Waals surface area contributed by atoms with Gasteiger partial charge in [0.1, 0.15) is 6.29 Å². The van der Waals surface area contributed by atoms with Crippen molar-refractivity contribution in [3.8, 4) is 0 Å². The van der Waals surface area contributed by atoms with E-state index >= 15 is 0 Å². The Balaban J connectivity index is 2.34. The monoisotopic (exact) mass is 336 g/mol. The van der Waals surface area contributed by atoms with E-state index in [1.807, 2.05) is 18.2 Å². The van der Waals surface area contributed by atoms with Gasteiger partial charge in [0.2, 0.25) is 0 Å². The minimum Gasteiger partial charge on any atom is -0.414 e. The minimum absolute atomic E-state index is 0.0220. The molecule has 0 aliphatic carbocycles. The van der Waals surface area contributed by atoms with E-state index in [0.29, 0.717) is 19.6 Å².